The number of amides is 2. The molecule has 1 aromatic carbocycles. The molecule has 1 aliphatic carbocycles. The van der Waals surface area contributed by atoms with Crippen LogP contribution in [0.3, 0.4) is 0 Å². The van der Waals surface area contributed by atoms with E-state index >= 15 is 0 Å². The molecule has 3 rings (SSSR count). The number of aryl methyl sites for hydroxylation is 1. The molecule has 2 fully saturated rings. The van der Waals surface area contributed by atoms with Crippen LogP contribution in [0.15, 0.2) is 24.3 Å². The summed E-state index contributed by atoms with van der Waals surface area (Å²) >= 11 is 0. The molecule has 1 atom stereocenters. The lowest BCUT2D eigenvalue weighted by molar-refractivity contribution is -0.134. The Bertz CT molecular complexity index is 679. The number of piperazine rings is 1. The Labute approximate surface area is 175 Å². The molecular formula is C23H36N4O2. The highest BCUT2D eigenvalue weighted by molar-refractivity contribution is 5.82. The van der Waals surface area contributed by atoms with Gasteiger partial charge in [-0.25, -0.2) is 0 Å². The Hall–Kier alpha value is -1.92. The molecule has 2 amide bonds. The SMILES string of the molecule is CCCN(Cc1ccc(C)cc1)C(=O)CN1CCN(C(C)C(=O)NC2CC2)CC1. The molecule has 1 unspecified atom stereocenters. The molecule has 1 aromatic rings. The van der Waals surface area contributed by atoms with Crippen molar-refractivity contribution < 1.29 is 9.59 Å². The van der Waals surface area contributed by atoms with Crippen LogP contribution in [0.5, 0.6) is 0 Å². The topological polar surface area (TPSA) is 55.9 Å². The Balaban J connectivity index is 1.46. The van der Waals surface area contributed by atoms with Gasteiger partial charge in [0, 0.05) is 45.3 Å². The fraction of sp³-hybridized carbons (Fsp3) is 0.652. The van der Waals surface area contributed by atoms with Crippen molar-refractivity contribution in [3.8, 4) is 0 Å². The van der Waals surface area contributed by atoms with Crippen LogP contribution in [0.2, 0.25) is 0 Å². The number of hydrogen-bond donors (Lipinski definition) is 1. The number of carbonyl (C=O) groups is 2. The Morgan fingerprint density at radius 1 is 1.14 bits per heavy atom. The molecule has 1 heterocycles. The molecule has 0 radical (unpaired) electrons. The third kappa shape index (κ3) is 6.54. The maximum absolute atomic E-state index is 12.9. The van der Waals surface area contributed by atoms with Crippen LogP contribution in [-0.2, 0) is 16.1 Å². The molecule has 0 aromatic heterocycles. The second-order valence-corrected chi connectivity index (χ2v) is 8.57. The van der Waals surface area contributed by atoms with E-state index in [-0.39, 0.29) is 17.9 Å². The van der Waals surface area contributed by atoms with E-state index in [1.54, 1.807) is 0 Å². The van der Waals surface area contributed by atoms with Gasteiger partial charge in [-0.15, -0.1) is 0 Å². The van der Waals surface area contributed by atoms with Crippen molar-refractivity contribution in [1.82, 2.24) is 20.0 Å². The Morgan fingerprint density at radius 2 is 1.79 bits per heavy atom. The van der Waals surface area contributed by atoms with E-state index in [9.17, 15) is 9.59 Å². The predicted molar refractivity (Wildman–Crippen MR) is 116 cm³/mol. The van der Waals surface area contributed by atoms with E-state index in [4.69, 9.17) is 0 Å². The van der Waals surface area contributed by atoms with Crippen molar-refractivity contribution in [3.05, 3.63) is 35.4 Å². The molecule has 29 heavy (non-hydrogen) atoms. The van der Waals surface area contributed by atoms with E-state index in [0.717, 1.165) is 52.0 Å². The van der Waals surface area contributed by atoms with E-state index in [0.29, 0.717) is 19.1 Å². The lowest BCUT2D eigenvalue weighted by Gasteiger charge is -2.37. The number of nitrogens with zero attached hydrogens (tertiary/aromatic N) is 3. The standard InChI is InChI=1S/C23H36N4O2/c1-4-11-27(16-20-7-5-18(2)6-8-20)22(28)17-25-12-14-26(15-13-25)19(3)23(29)24-21-9-10-21/h5-8,19,21H,4,9-17H2,1-3H3,(H,24,29). The maximum atomic E-state index is 12.9. The summed E-state index contributed by atoms with van der Waals surface area (Å²) in [4.78, 5) is 31.6. The average molecular weight is 401 g/mol. The van der Waals surface area contributed by atoms with Gasteiger partial charge >= 0.3 is 0 Å². The van der Waals surface area contributed by atoms with Crippen molar-refractivity contribution in [3.63, 3.8) is 0 Å². The first-order valence-electron chi connectivity index (χ1n) is 11.1. The van der Waals surface area contributed by atoms with Crippen LogP contribution < -0.4 is 5.32 Å². The summed E-state index contributed by atoms with van der Waals surface area (Å²) in [5.41, 5.74) is 2.41. The summed E-state index contributed by atoms with van der Waals surface area (Å²) in [6.07, 6.45) is 3.19. The largest absolute Gasteiger partial charge is 0.352 e. The monoisotopic (exact) mass is 400 g/mol. The molecular weight excluding hydrogens is 364 g/mol. The van der Waals surface area contributed by atoms with Crippen molar-refractivity contribution in [1.29, 1.82) is 0 Å². The first-order chi connectivity index (χ1) is 14.0. The van der Waals surface area contributed by atoms with Gasteiger partial charge in [-0.3, -0.25) is 19.4 Å². The molecule has 1 saturated carbocycles. The number of rotatable bonds is 9. The Kier molecular flexibility index (Phi) is 7.67. The molecule has 2 aliphatic rings. The van der Waals surface area contributed by atoms with Gasteiger partial charge in [-0.1, -0.05) is 36.8 Å². The summed E-state index contributed by atoms with van der Waals surface area (Å²) in [5.74, 6) is 0.338. The Morgan fingerprint density at radius 3 is 2.38 bits per heavy atom. The molecule has 6 heteroatoms. The van der Waals surface area contributed by atoms with Crippen LogP contribution in [-0.4, -0.2) is 77.9 Å². The lowest BCUT2D eigenvalue weighted by atomic mass is 10.1. The number of carbonyl (C=O) groups excluding carboxylic acids is 2. The highest BCUT2D eigenvalue weighted by atomic mass is 16.2. The van der Waals surface area contributed by atoms with Crippen LogP contribution in [0.1, 0.15) is 44.2 Å². The minimum Gasteiger partial charge on any atom is -0.352 e. The quantitative estimate of drug-likeness (QED) is 0.689. The molecule has 6 nitrogen and oxygen atoms in total. The first-order valence-corrected chi connectivity index (χ1v) is 11.1. The molecule has 1 saturated heterocycles. The second-order valence-electron chi connectivity index (χ2n) is 8.57. The summed E-state index contributed by atoms with van der Waals surface area (Å²) in [6, 6.07) is 8.73. The predicted octanol–water partition coefficient (Wildman–Crippen LogP) is 2.02. The minimum atomic E-state index is -0.0911. The minimum absolute atomic E-state index is 0.0911. The highest BCUT2D eigenvalue weighted by Gasteiger charge is 2.30. The number of nitrogens with one attached hydrogen (secondary N) is 1. The van der Waals surface area contributed by atoms with E-state index < -0.39 is 0 Å². The zero-order chi connectivity index (χ0) is 20.8. The molecule has 1 N–H and O–H groups in total. The maximum Gasteiger partial charge on any atom is 0.237 e. The average Bonchev–Trinajstić information content (AvgIpc) is 3.53. The number of benzene rings is 1. The summed E-state index contributed by atoms with van der Waals surface area (Å²) < 4.78 is 0. The van der Waals surface area contributed by atoms with Gasteiger partial charge in [0.2, 0.25) is 11.8 Å². The van der Waals surface area contributed by atoms with Crippen molar-refractivity contribution in [2.75, 3.05) is 39.3 Å². The van der Waals surface area contributed by atoms with Gasteiger partial charge in [0.25, 0.3) is 0 Å². The number of hydrogen-bond acceptors (Lipinski definition) is 4. The second kappa shape index (κ2) is 10.2. The molecule has 1 aliphatic heterocycles. The van der Waals surface area contributed by atoms with Crippen molar-refractivity contribution >= 4 is 11.8 Å². The van der Waals surface area contributed by atoms with Gasteiger partial charge in [0.1, 0.15) is 0 Å². The summed E-state index contributed by atoms with van der Waals surface area (Å²) in [5, 5.41) is 3.09. The molecule has 160 valence electrons. The summed E-state index contributed by atoms with van der Waals surface area (Å²) in [6.45, 7) is 11.4. The third-order valence-corrected chi connectivity index (χ3v) is 5.96. The zero-order valence-corrected chi connectivity index (χ0v) is 18.2. The normalized spacial score (nSPS) is 19.0. The smallest absolute Gasteiger partial charge is 0.237 e. The van der Waals surface area contributed by atoms with Crippen molar-refractivity contribution in [2.45, 2.75) is 58.7 Å². The van der Waals surface area contributed by atoms with Gasteiger partial charge in [0.15, 0.2) is 0 Å². The fourth-order valence-electron chi connectivity index (χ4n) is 3.79. The van der Waals surface area contributed by atoms with Crippen LogP contribution in [0.4, 0.5) is 0 Å². The van der Waals surface area contributed by atoms with E-state index in [1.165, 1.54) is 11.1 Å². The highest BCUT2D eigenvalue weighted by Crippen LogP contribution is 2.19. The van der Waals surface area contributed by atoms with Crippen molar-refractivity contribution in [2.24, 2.45) is 0 Å². The van der Waals surface area contributed by atoms with Gasteiger partial charge in [0.05, 0.1) is 12.6 Å². The zero-order valence-electron chi connectivity index (χ0n) is 18.2. The van der Waals surface area contributed by atoms with Gasteiger partial charge in [-0.05, 0) is 38.7 Å². The van der Waals surface area contributed by atoms with Crippen LogP contribution in [0, 0.1) is 6.92 Å². The third-order valence-electron chi connectivity index (χ3n) is 5.96. The first kappa shape index (κ1) is 21.8. The van der Waals surface area contributed by atoms with Gasteiger partial charge in [-0.2, -0.15) is 0 Å². The van der Waals surface area contributed by atoms with Gasteiger partial charge < -0.3 is 10.2 Å². The lowest BCUT2D eigenvalue weighted by Crippen LogP contribution is -2.55. The van der Waals surface area contributed by atoms with Crippen LogP contribution >= 0.6 is 0 Å². The fourth-order valence-corrected chi connectivity index (χ4v) is 3.79. The van der Waals surface area contributed by atoms with Crippen LogP contribution in [0.25, 0.3) is 0 Å². The van der Waals surface area contributed by atoms with E-state index in [2.05, 4.69) is 53.2 Å². The summed E-state index contributed by atoms with van der Waals surface area (Å²) in [7, 11) is 0. The molecule has 0 bridgehead atoms. The molecule has 0 spiro atoms. The van der Waals surface area contributed by atoms with E-state index in [1.807, 2.05) is 11.8 Å².